The van der Waals surface area contributed by atoms with Gasteiger partial charge in [0.25, 0.3) is 9.05 Å². The lowest BCUT2D eigenvalue weighted by molar-refractivity contribution is -0.275. The van der Waals surface area contributed by atoms with E-state index in [0.717, 1.165) is 12.1 Å². The molecule has 10 heteroatoms. The summed E-state index contributed by atoms with van der Waals surface area (Å²) in [6, 6.07) is 3.31. The average Bonchev–Trinajstić information content (AvgIpc) is 2.24. The van der Waals surface area contributed by atoms with Crippen LogP contribution in [0.4, 0.5) is 13.2 Å². The number of halogens is 4. The molecule has 104 valence electrons. The normalized spacial score (nSPS) is 12.0. The molecule has 0 heterocycles. The van der Waals surface area contributed by atoms with Crippen molar-refractivity contribution in [3.05, 3.63) is 23.3 Å². The van der Waals surface area contributed by atoms with E-state index in [2.05, 4.69) is 4.74 Å². The Morgan fingerprint density at radius 3 is 2.37 bits per heavy atom. The number of benzene rings is 1. The van der Waals surface area contributed by atoms with Gasteiger partial charge in [0.15, 0.2) is 5.75 Å². The summed E-state index contributed by atoms with van der Waals surface area (Å²) in [6.07, 6.45) is -5.17. The zero-order chi connectivity index (χ0) is 14.8. The number of rotatable bonds is 3. The van der Waals surface area contributed by atoms with Crippen molar-refractivity contribution in [3.63, 3.8) is 0 Å². The van der Waals surface area contributed by atoms with Crippen molar-refractivity contribution in [2.75, 3.05) is 0 Å². The maximum Gasteiger partial charge on any atom is 0.573 e. The molecular formula is C9H6ClF3N2O3S. The first kappa shape index (κ1) is 15.6. The Bertz CT molecular complexity index is 637. The molecule has 0 spiro atoms. The molecular weight excluding hydrogens is 309 g/mol. The van der Waals surface area contributed by atoms with Gasteiger partial charge in [0.05, 0.1) is 0 Å². The summed E-state index contributed by atoms with van der Waals surface area (Å²) >= 11 is 0. The van der Waals surface area contributed by atoms with Crippen LogP contribution in [0, 0.1) is 11.3 Å². The van der Waals surface area contributed by atoms with Crippen molar-refractivity contribution >= 4 is 19.7 Å². The Morgan fingerprint density at radius 2 is 2.00 bits per heavy atom. The van der Waals surface area contributed by atoms with Crippen molar-refractivity contribution in [1.29, 1.82) is 5.26 Å². The molecule has 5 nitrogen and oxygen atoms in total. The SMILES string of the molecule is N#Cc1c(CN)ccc(S(=O)(=O)Cl)c1OC(F)(F)F. The van der Waals surface area contributed by atoms with Crippen molar-refractivity contribution < 1.29 is 26.3 Å². The van der Waals surface area contributed by atoms with Crippen LogP contribution in [0.3, 0.4) is 0 Å². The van der Waals surface area contributed by atoms with Crippen LogP contribution < -0.4 is 10.5 Å². The van der Waals surface area contributed by atoms with Crippen molar-refractivity contribution in [2.24, 2.45) is 5.73 Å². The van der Waals surface area contributed by atoms with E-state index in [4.69, 9.17) is 21.7 Å². The van der Waals surface area contributed by atoms with Crippen molar-refractivity contribution in [1.82, 2.24) is 0 Å². The summed E-state index contributed by atoms with van der Waals surface area (Å²) in [5, 5.41) is 8.83. The molecule has 1 rings (SSSR count). The second-order valence-corrected chi connectivity index (χ2v) is 5.76. The first-order chi connectivity index (χ1) is 8.60. The monoisotopic (exact) mass is 314 g/mol. The molecule has 1 aromatic rings. The van der Waals surface area contributed by atoms with Gasteiger partial charge in [-0.25, -0.2) is 8.42 Å². The van der Waals surface area contributed by atoms with Gasteiger partial charge < -0.3 is 10.5 Å². The second-order valence-electron chi connectivity index (χ2n) is 3.23. The number of alkyl halides is 3. The molecule has 0 amide bonds. The van der Waals surface area contributed by atoms with Gasteiger partial charge in [-0.15, -0.1) is 13.2 Å². The summed E-state index contributed by atoms with van der Waals surface area (Å²) in [5.74, 6) is -1.17. The fourth-order valence-corrected chi connectivity index (χ4v) is 2.27. The van der Waals surface area contributed by atoms with Crippen LogP contribution in [0.2, 0.25) is 0 Å². The Kier molecular flexibility index (Phi) is 4.29. The standard InChI is InChI=1S/C9H6ClF3N2O3S/c10-19(16,17)7-2-1-5(3-14)6(4-15)8(7)18-9(11,12)13/h1-2H,3,14H2. The number of hydrogen-bond acceptors (Lipinski definition) is 5. The number of nitriles is 1. The fourth-order valence-electron chi connectivity index (χ4n) is 1.31. The van der Waals surface area contributed by atoms with Gasteiger partial charge in [0.1, 0.15) is 16.5 Å². The minimum absolute atomic E-state index is 0.00539. The molecule has 0 fully saturated rings. The largest absolute Gasteiger partial charge is 0.573 e. The molecule has 0 saturated heterocycles. The number of ether oxygens (including phenoxy) is 1. The van der Waals surface area contributed by atoms with E-state index in [1.54, 1.807) is 0 Å². The van der Waals surface area contributed by atoms with E-state index in [1.165, 1.54) is 6.07 Å². The third-order valence-electron chi connectivity index (χ3n) is 2.02. The minimum atomic E-state index is -5.17. The molecule has 0 atom stereocenters. The molecule has 0 radical (unpaired) electrons. The van der Waals surface area contributed by atoms with Crippen LogP contribution in [-0.2, 0) is 15.6 Å². The maximum absolute atomic E-state index is 12.3. The Balaban J connectivity index is 3.65. The lowest BCUT2D eigenvalue weighted by Gasteiger charge is -2.14. The van der Waals surface area contributed by atoms with Crippen LogP contribution in [0.1, 0.15) is 11.1 Å². The average molecular weight is 315 g/mol. The highest BCUT2D eigenvalue weighted by Crippen LogP contribution is 2.36. The second kappa shape index (κ2) is 5.24. The summed E-state index contributed by atoms with van der Waals surface area (Å²) in [6.45, 7) is -0.264. The van der Waals surface area contributed by atoms with E-state index in [9.17, 15) is 21.6 Å². The van der Waals surface area contributed by atoms with Gasteiger partial charge in [-0.05, 0) is 11.6 Å². The highest BCUT2D eigenvalue weighted by Gasteiger charge is 2.36. The van der Waals surface area contributed by atoms with Gasteiger partial charge in [-0.3, -0.25) is 0 Å². The first-order valence-electron chi connectivity index (χ1n) is 4.56. The predicted octanol–water partition coefficient (Wildman–Crippen LogP) is 1.84. The lowest BCUT2D eigenvalue weighted by Crippen LogP contribution is -2.20. The maximum atomic E-state index is 12.3. The summed E-state index contributed by atoms with van der Waals surface area (Å²) in [7, 11) is 0.493. The molecule has 0 aliphatic heterocycles. The smallest absolute Gasteiger partial charge is 0.403 e. The van der Waals surface area contributed by atoms with Crippen molar-refractivity contribution in [2.45, 2.75) is 17.8 Å². The molecule has 0 saturated carbocycles. The number of nitrogens with two attached hydrogens (primary N) is 1. The third-order valence-corrected chi connectivity index (χ3v) is 3.37. The van der Waals surface area contributed by atoms with Gasteiger partial charge in [-0.2, -0.15) is 5.26 Å². The van der Waals surface area contributed by atoms with Gasteiger partial charge in [0.2, 0.25) is 0 Å². The summed E-state index contributed by atoms with van der Waals surface area (Å²) in [4.78, 5) is -0.944. The topological polar surface area (TPSA) is 93.2 Å². The van der Waals surface area contributed by atoms with Gasteiger partial charge in [0, 0.05) is 17.2 Å². The number of nitrogens with zero attached hydrogens (tertiary/aromatic N) is 1. The van der Waals surface area contributed by atoms with E-state index in [1.807, 2.05) is 0 Å². The summed E-state index contributed by atoms with van der Waals surface area (Å²) in [5.41, 5.74) is 4.63. The van der Waals surface area contributed by atoms with Gasteiger partial charge >= 0.3 is 6.36 Å². The van der Waals surface area contributed by atoms with E-state index >= 15 is 0 Å². The Hall–Kier alpha value is -1.50. The summed E-state index contributed by atoms with van der Waals surface area (Å²) < 4.78 is 62.7. The molecule has 19 heavy (non-hydrogen) atoms. The molecule has 0 aliphatic rings. The van der Waals surface area contributed by atoms with Crippen LogP contribution in [-0.4, -0.2) is 14.8 Å². The molecule has 1 aromatic carbocycles. The zero-order valence-corrected chi connectivity index (χ0v) is 10.6. The van der Waals surface area contributed by atoms with Crippen LogP contribution >= 0.6 is 10.7 Å². The minimum Gasteiger partial charge on any atom is -0.403 e. The van der Waals surface area contributed by atoms with E-state index in [0.29, 0.717) is 0 Å². The molecule has 0 aliphatic carbocycles. The lowest BCUT2D eigenvalue weighted by atomic mass is 10.1. The van der Waals surface area contributed by atoms with E-state index in [-0.39, 0.29) is 12.1 Å². The number of hydrogen-bond donors (Lipinski definition) is 1. The van der Waals surface area contributed by atoms with Gasteiger partial charge in [-0.1, -0.05) is 6.07 Å². The van der Waals surface area contributed by atoms with Crippen LogP contribution in [0.25, 0.3) is 0 Å². The predicted molar refractivity (Wildman–Crippen MR) is 58.8 cm³/mol. The Morgan fingerprint density at radius 1 is 1.42 bits per heavy atom. The molecule has 0 aromatic heterocycles. The van der Waals surface area contributed by atoms with Crippen LogP contribution in [0.5, 0.6) is 5.75 Å². The van der Waals surface area contributed by atoms with Crippen molar-refractivity contribution in [3.8, 4) is 11.8 Å². The highest BCUT2D eigenvalue weighted by atomic mass is 35.7. The molecule has 2 N–H and O–H groups in total. The fraction of sp³-hybridized carbons (Fsp3) is 0.222. The Labute approximate surface area is 110 Å². The molecule has 0 unspecified atom stereocenters. The highest BCUT2D eigenvalue weighted by molar-refractivity contribution is 8.13. The zero-order valence-electron chi connectivity index (χ0n) is 9.03. The first-order valence-corrected chi connectivity index (χ1v) is 6.87. The van der Waals surface area contributed by atoms with E-state index < -0.39 is 31.6 Å². The third kappa shape index (κ3) is 3.73. The molecule has 0 bridgehead atoms. The van der Waals surface area contributed by atoms with Crippen LogP contribution in [0.15, 0.2) is 17.0 Å². The quantitative estimate of drug-likeness (QED) is 0.859.